The predicted molar refractivity (Wildman–Crippen MR) is 73.2 cm³/mol. The molecule has 2 aliphatic carbocycles. The summed E-state index contributed by atoms with van der Waals surface area (Å²) in [5, 5.41) is 3.87. The molecule has 0 aromatic heterocycles. The van der Waals surface area contributed by atoms with Crippen molar-refractivity contribution in [3.8, 4) is 0 Å². The molecule has 2 rings (SSSR count). The highest BCUT2D eigenvalue weighted by molar-refractivity contribution is 14.1. The maximum Gasteiger partial charge on any atom is 0.0172 e. The first-order chi connectivity index (χ1) is 7.38. The maximum atomic E-state index is 3.87. The van der Waals surface area contributed by atoms with Crippen molar-refractivity contribution in [2.45, 2.75) is 75.9 Å². The number of halogens is 1. The molecule has 3 heteroatoms. The smallest absolute Gasteiger partial charge is 0.0172 e. The van der Waals surface area contributed by atoms with Crippen LogP contribution >= 0.6 is 22.9 Å². The van der Waals surface area contributed by atoms with Gasteiger partial charge in [0.05, 0.1) is 0 Å². The Morgan fingerprint density at radius 2 is 1.20 bits per heavy atom. The second kappa shape index (κ2) is 6.40. The molecule has 88 valence electrons. The van der Waals surface area contributed by atoms with Gasteiger partial charge < -0.3 is 5.32 Å². The predicted octanol–water partition coefficient (Wildman–Crippen LogP) is 3.16. The Morgan fingerprint density at radius 3 is 1.80 bits per heavy atom. The van der Waals surface area contributed by atoms with Gasteiger partial charge in [-0.3, -0.25) is 3.53 Å². The van der Waals surface area contributed by atoms with Crippen molar-refractivity contribution in [2.75, 3.05) is 0 Å². The van der Waals surface area contributed by atoms with Crippen molar-refractivity contribution in [1.29, 1.82) is 0 Å². The lowest BCUT2D eigenvalue weighted by molar-refractivity contribution is 0.276. The van der Waals surface area contributed by atoms with E-state index in [1.165, 1.54) is 57.8 Å². The summed E-state index contributed by atoms with van der Waals surface area (Å²) < 4.78 is 3.37. The first-order valence-electron chi connectivity index (χ1n) is 6.50. The molecule has 0 saturated heterocycles. The van der Waals surface area contributed by atoms with Crippen LogP contribution in [0.4, 0.5) is 0 Å². The SMILES string of the molecule is IN[C@H]1CC[C@H](NC2CCCCC2)CC1. The highest BCUT2D eigenvalue weighted by Crippen LogP contribution is 2.23. The number of rotatable bonds is 3. The second-order valence-electron chi connectivity index (χ2n) is 5.16. The first-order valence-corrected chi connectivity index (χ1v) is 7.58. The molecule has 15 heavy (non-hydrogen) atoms. The monoisotopic (exact) mass is 322 g/mol. The summed E-state index contributed by atoms with van der Waals surface area (Å²) in [4.78, 5) is 0. The van der Waals surface area contributed by atoms with E-state index in [0.29, 0.717) is 0 Å². The van der Waals surface area contributed by atoms with Crippen LogP contribution in [0.2, 0.25) is 0 Å². The van der Waals surface area contributed by atoms with Gasteiger partial charge in [-0.25, -0.2) is 0 Å². The lowest BCUT2D eigenvalue weighted by Crippen LogP contribution is -2.43. The van der Waals surface area contributed by atoms with Crippen molar-refractivity contribution in [3.63, 3.8) is 0 Å². The zero-order chi connectivity index (χ0) is 10.5. The summed E-state index contributed by atoms with van der Waals surface area (Å²) >= 11 is 2.30. The average Bonchev–Trinajstić information content (AvgIpc) is 2.31. The second-order valence-corrected chi connectivity index (χ2v) is 5.78. The molecule has 2 saturated carbocycles. The molecular weight excluding hydrogens is 299 g/mol. The Balaban J connectivity index is 1.67. The molecule has 2 nitrogen and oxygen atoms in total. The molecule has 2 N–H and O–H groups in total. The van der Waals surface area contributed by atoms with Crippen LogP contribution in [-0.4, -0.2) is 18.1 Å². The summed E-state index contributed by atoms with van der Waals surface area (Å²) in [6, 6.07) is 2.43. The summed E-state index contributed by atoms with van der Waals surface area (Å²) in [5.74, 6) is 0. The van der Waals surface area contributed by atoms with Gasteiger partial charge in [0.25, 0.3) is 0 Å². The van der Waals surface area contributed by atoms with Crippen LogP contribution in [-0.2, 0) is 0 Å². The lowest BCUT2D eigenvalue weighted by atomic mass is 9.89. The van der Waals surface area contributed by atoms with Gasteiger partial charge in [-0.15, -0.1) is 0 Å². The zero-order valence-corrected chi connectivity index (χ0v) is 11.6. The molecule has 0 spiro atoms. The van der Waals surface area contributed by atoms with Crippen LogP contribution < -0.4 is 8.85 Å². The van der Waals surface area contributed by atoms with E-state index in [0.717, 1.165) is 18.1 Å². The fourth-order valence-electron chi connectivity index (χ4n) is 2.97. The van der Waals surface area contributed by atoms with Crippen molar-refractivity contribution < 1.29 is 0 Å². The average molecular weight is 322 g/mol. The topological polar surface area (TPSA) is 24.1 Å². The van der Waals surface area contributed by atoms with E-state index >= 15 is 0 Å². The van der Waals surface area contributed by atoms with Crippen molar-refractivity contribution >= 4 is 22.9 Å². The largest absolute Gasteiger partial charge is 0.311 e. The minimum Gasteiger partial charge on any atom is -0.311 e. The standard InChI is InChI=1S/C12H23IN2/c13-15-12-8-6-11(7-9-12)14-10-4-2-1-3-5-10/h10-12,14-15H,1-9H2/t11-,12-. The van der Waals surface area contributed by atoms with Crippen molar-refractivity contribution in [2.24, 2.45) is 0 Å². The highest BCUT2D eigenvalue weighted by atomic mass is 127. The minimum absolute atomic E-state index is 0.773. The summed E-state index contributed by atoms with van der Waals surface area (Å²) in [6.07, 6.45) is 12.7. The molecular formula is C12H23IN2. The zero-order valence-electron chi connectivity index (χ0n) is 9.47. The van der Waals surface area contributed by atoms with Gasteiger partial charge in [-0.05, 0) is 38.5 Å². The van der Waals surface area contributed by atoms with E-state index in [-0.39, 0.29) is 0 Å². The Hall–Kier alpha value is 0.650. The molecule has 0 radical (unpaired) electrons. The van der Waals surface area contributed by atoms with E-state index < -0.39 is 0 Å². The van der Waals surface area contributed by atoms with Gasteiger partial charge in [-0.2, -0.15) is 0 Å². The minimum atomic E-state index is 0.773. The fourth-order valence-corrected chi connectivity index (χ4v) is 3.59. The first kappa shape index (κ1) is 12.1. The van der Waals surface area contributed by atoms with E-state index in [4.69, 9.17) is 0 Å². The summed E-state index contributed by atoms with van der Waals surface area (Å²) in [5.41, 5.74) is 0. The maximum absolute atomic E-state index is 3.87. The number of hydrogen-bond acceptors (Lipinski definition) is 2. The van der Waals surface area contributed by atoms with Crippen LogP contribution in [0.15, 0.2) is 0 Å². The van der Waals surface area contributed by atoms with E-state index in [1.54, 1.807) is 0 Å². The third kappa shape index (κ3) is 3.86. The quantitative estimate of drug-likeness (QED) is 0.616. The summed E-state index contributed by atoms with van der Waals surface area (Å²) in [7, 11) is 0. The van der Waals surface area contributed by atoms with Gasteiger partial charge in [0.15, 0.2) is 0 Å². The normalized spacial score (nSPS) is 34.2. The molecule has 0 heterocycles. The van der Waals surface area contributed by atoms with Crippen molar-refractivity contribution in [1.82, 2.24) is 8.85 Å². The van der Waals surface area contributed by atoms with E-state index in [9.17, 15) is 0 Å². The molecule has 0 atom stereocenters. The van der Waals surface area contributed by atoms with E-state index in [1.807, 2.05) is 0 Å². The molecule has 0 aliphatic heterocycles. The fraction of sp³-hybridized carbons (Fsp3) is 1.00. The third-order valence-corrected chi connectivity index (χ3v) is 4.84. The Kier molecular flexibility index (Phi) is 5.17. The van der Waals surface area contributed by atoms with Gasteiger partial charge in [0, 0.05) is 41.0 Å². The third-order valence-electron chi connectivity index (χ3n) is 3.96. The van der Waals surface area contributed by atoms with E-state index in [2.05, 4.69) is 31.7 Å². The van der Waals surface area contributed by atoms with Gasteiger partial charge in [0.1, 0.15) is 0 Å². The van der Waals surface area contributed by atoms with Gasteiger partial charge in [-0.1, -0.05) is 19.3 Å². The molecule has 0 unspecified atom stereocenters. The molecule has 0 bridgehead atoms. The van der Waals surface area contributed by atoms with Gasteiger partial charge in [0.2, 0.25) is 0 Å². The van der Waals surface area contributed by atoms with Crippen LogP contribution in [0.1, 0.15) is 57.8 Å². The van der Waals surface area contributed by atoms with Crippen LogP contribution in [0, 0.1) is 0 Å². The highest BCUT2D eigenvalue weighted by Gasteiger charge is 2.23. The van der Waals surface area contributed by atoms with Crippen LogP contribution in [0.3, 0.4) is 0 Å². The summed E-state index contributed by atoms with van der Waals surface area (Å²) in [6.45, 7) is 0. The van der Waals surface area contributed by atoms with Crippen LogP contribution in [0.5, 0.6) is 0 Å². The molecule has 2 aliphatic rings. The van der Waals surface area contributed by atoms with Crippen LogP contribution in [0.25, 0.3) is 0 Å². The molecule has 0 amide bonds. The number of hydrogen-bond donors (Lipinski definition) is 2. The molecule has 2 fully saturated rings. The Bertz CT molecular complexity index is 172. The van der Waals surface area contributed by atoms with Gasteiger partial charge >= 0.3 is 0 Å². The Morgan fingerprint density at radius 1 is 0.667 bits per heavy atom. The number of nitrogens with one attached hydrogen (secondary N) is 2. The lowest BCUT2D eigenvalue weighted by Gasteiger charge is -2.33. The molecule has 0 aromatic rings. The Labute approximate surface area is 107 Å². The molecule has 0 aromatic carbocycles. The van der Waals surface area contributed by atoms with Crippen molar-refractivity contribution in [3.05, 3.63) is 0 Å².